The molecule has 3 rings (SSSR count). The number of aromatic nitrogens is 2. The van der Waals surface area contributed by atoms with Crippen LogP contribution in [-0.2, 0) is 24.3 Å². The van der Waals surface area contributed by atoms with Gasteiger partial charge in [0, 0.05) is 30.2 Å². The van der Waals surface area contributed by atoms with Gasteiger partial charge in [0.1, 0.15) is 0 Å². The second-order valence-corrected chi connectivity index (χ2v) is 10.7. The Bertz CT molecular complexity index is 1080. The number of nitrogens with zero attached hydrogens (tertiary/aromatic N) is 3. The molecule has 178 valence electrons. The van der Waals surface area contributed by atoms with Crippen LogP contribution in [0.3, 0.4) is 0 Å². The van der Waals surface area contributed by atoms with E-state index in [1.165, 1.54) is 16.4 Å². The van der Waals surface area contributed by atoms with Crippen LogP contribution in [-0.4, -0.2) is 60.0 Å². The third-order valence-electron chi connectivity index (χ3n) is 4.97. The van der Waals surface area contributed by atoms with Crippen LogP contribution < -0.4 is 5.32 Å². The lowest BCUT2D eigenvalue weighted by Crippen LogP contribution is -2.32. The minimum atomic E-state index is -3.63. The van der Waals surface area contributed by atoms with Gasteiger partial charge in [0.2, 0.25) is 10.0 Å². The van der Waals surface area contributed by atoms with E-state index in [9.17, 15) is 18.0 Å². The van der Waals surface area contributed by atoms with Crippen molar-refractivity contribution >= 4 is 39.3 Å². The summed E-state index contributed by atoms with van der Waals surface area (Å²) < 4.78 is 32.4. The summed E-state index contributed by atoms with van der Waals surface area (Å²) in [4.78, 5) is 32.8. The first-order valence-corrected chi connectivity index (χ1v) is 13.2. The summed E-state index contributed by atoms with van der Waals surface area (Å²) in [5.41, 5.74) is 1.93. The molecule has 33 heavy (non-hydrogen) atoms. The summed E-state index contributed by atoms with van der Waals surface area (Å²) in [6, 6.07) is 7.94. The van der Waals surface area contributed by atoms with Crippen LogP contribution in [0.4, 0.5) is 5.69 Å². The maximum absolute atomic E-state index is 13.0. The number of rotatable bonds is 8. The number of sulfonamides is 1. The van der Waals surface area contributed by atoms with Gasteiger partial charge in [-0.1, -0.05) is 30.7 Å². The Morgan fingerprint density at radius 2 is 1.73 bits per heavy atom. The highest BCUT2D eigenvalue weighted by Gasteiger charge is 2.25. The number of ether oxygens (including phenoxy) is 1. The van der Waals surface area contributed by atoms with Gasteiger partial charge in [-0.15, -0.1) is 0 Å². The Hall–Kier alpha value is -2.50. The number of carbonyl (C=O) groups excluding carboxylic acids is 2. The first-order chi connectivity index (χ1) is 15.7. The van der Waals surface area contributed by atoms with Gasteiger partial charge in [-0.25, -0.2) is 18.4 Å². The molecule has 0 bridgehead atoms. The molecule has 1 amide bonds. The molecule has 1 saturated heterocycles. The number of nitrogens with one attached hydrogen (secondary N) is 1. The quantitative estimate of drug-likeness (QED) is 0.339. The number of hydrogen-bond acceptors (Lipinski definition) is 8. The molecule has 0 unspecified atom stereocenters. The van der Waals surface area contributed by atoms with Crippen LogP contribution in [0.1, 0.15) is 37.1 Å². The zero-order valence-electron chi connectivity index (χ0n) is 18.7. The summed E-state index contributed by atoms with van der Waals surface area (Å²) in [5, 5.41) is 3.05. The number of aryl methyl sites for hydroxylation is 2. The van der Waals surface area contributed by atoms with E-state index >= 15 is 0 Å². The number of thioether (sulfide) groups is 1. The fourth-order valence-corrected chi connectivity index (χ4v) is 5.74. The fraction of sp³-hybridized carbons (Fsp3) is 0.455. The average Bonchev–Trinajstić information content (AvgIpc) is 3.06. The summed E-state index contributed by atoms with van der Waals surface area (Å²) in [6.45, 7) is 4.21. The van der Waals surface area contributed by atoms with Gasteiger partial charge in [0.15, 0.2) is 11.8 Å². The predicted octanol–water partition coefficient (Wildman–Crippen LogP) is 2.93. The Morgan fingerprint density at radius 1 is 1.06 bits per heavy atom. The van der Waals surface area contributed by atoms with Gasteiger partial charge >= 0.3 is 5.97 Å². The molecule has 11 heteroatoms. The minimum Gasteiger partial charge on any atom is -0.455 e. The van der Waals surface area contributed by atoms with Crippen LogP contribution in [0.2, 0.25) is 0 Å². The van der Waals surface area contributed by atoms with E-state index < -0.39 is 28.5 Å². The lowest BCUT2D eigenvalue weighted by atomic mass is 10.2. The standard InChI is InChI=1S/C22H28N4O5S2/c1-16-12-17(2)24-22(23-16)32-15-21(28)31-14-20(27)25-18-8-7-9-19(13-18)33(29,30)26-10-5-3-4-6-11-26/h7-9,12-13H,3-6,10-11,14-15H2,1-2H3,(H,25,27). The lowest BCUT2D eigenvalue weighted by Gasteiger charge is -2.20. The Labute approximate surface area is 198 Å². The topological polar surface area (TPSA) is 119 Å². The molecule has 1 aliphatic heterocycles. The van der Waals surface area contributed by atoms with Crippen LogP contribution in [0.25, 0.3) is 0 Å². The summed E-state index contributed by atoms with van der Waals surface area (Å²) in [6.07, 6.45) is 3.73. The molecular weight excluding hydrogens is 464 g/mol. The number of hydrogen-bond donors (Lipinski definition) is 1. The number of amides is 1. The molecule has 2 heterocycles. The fourth-order valence-electron chi connectivity index (χ4n) is 3.43. The van der Waals surface area contributed by atoms with Crippen LogP contribution in [0, 0.1) is 13.8 Å². The van der Waals surface area contributed by atoms with Gasteiger partial charge < -0.3 is 10.1 Å². The van der Waals surface area contributed by atoms with Crippen molar-refractivity contribution in [3.8, 4) is 0 Å². The molecule has 1 fully saturated rings. The van der Waals surface area contributed by atoms with Crippen molar-refractivity contribution in [1.82, 2.24) is 14.3 Å². The highest BCUT2D eigenvalue weighted by Crippen LogP contribution is 2.22. The molecule has 1 aromatic heterocycles. The normalized spacial score (nSPS) is 15.0. The Balaban J connectivity index is 1.51. The zero-order valence-corrected chi connectivity index (χ0v) is 20.4. The monoisotopic (exact) mass is 492 g/mol. The molecule has 0 aliphatic carbocycles. The second kappa shape index (κ2) is 11.6. The molecule has 0 radical (unpaired) electrons. The van der Waals surface area contributed by atoms with E-state index in [-0.39, 0.29) is 10.6 Å². The summed E-state index contributed by atoms with van der Waals surface area (Å²) in [7, 11) is -3.63. The van der Waals surface area contributed by atoms with Crippen molar-refractivity contribution in [1.29, 1.82) is 0 Å². The molecule has 1 aromatic carbocycles. The second-order valence-electron chi connectivity index (χ2n) is 7.78. The van der Waals surface area contributed by atoms with E-state index in [1.807, 2.05) is 19.9 Å². The molecule has 2 aromatic rings. The van der Waals surface area contributed by atoms with Crippen molar-refractivity contribution < 1.29 is 22.7 Å². The SMILES string of the molecule is Cc1cc(C)nc(SCC(=O)OCC(=O)Nc2cccc(S(=O)(=O)N3CCCCCC3)c2)n1. The van der Waals surface area contributed by atoms with Gasteiger partial charge in [-0.05, 0) is 51.0 Å². The molecule has 0 saturated carbocycles. The summed E-state index contributed by atoms with van der Waals surface area (Å²) >= 11 is 1.13. The molecule has 1 aliphatic rings. The van der Waals surface area contributed by atoms with Gasteiger partial charge in [-0.2, -0.15) is 4.31 Å². The minimum absolute atomic E-state index is 0.0280. The third kappa shape index (κ3) is 7.51. The predicted molar refractivity (Wildman–Crippen MR) is 125 cm³/mol. The maximum Gasteiger partial charge on any atom is 0.316 e. The number of esters is 1. The number of benzene rings is 1. The van der Waals surface area contributed by atoms with Crippen molar-refractivity contribution in [2.75, 3.05) is 30.8 Å². The summed E-state index contributed by atoms with van der Waals surface area (Å²) in [5.74, 6) is -1.16. The first kappa shape index (κ1) is 25.1. The van der Waals surface area contributed by atoms with E-state index in [1.54, 1.807) is 12.1 Å². The highest BCUT2D eigenvalue weighted by molar-refractivity contribution is 7.99. The van der Waals surface area contributed by atoms with Crippen LogP contribution in [0.5, 0.6) is 0 Å². The van der Waals surface area contributed by atoms with E-state index in [4.69, 9.17) is 4.74 Å². The largest absolute Gasteiger partial charge is 0.455 e. The Morgan fingerprint density at radius 3 is 2.39 bits per heavy atom. The van der Waals surface area contributed by atoms with Gasteiger partial charge in [-0.3, -0.25) is 9.59 Å². The van der Waals surface area contributed by atoms with E-state index in [0.717, 1.165) is 48.8 Å². The van der Waals surface area contributed by atoms with Gasteiger partial charge in [0.05, 0.1) is 10.6 Å². The van der Waals surface area contributed by atoms with Crippen LogP contribution >= 0.6 is 11.8 Å². The van der Waals surface area contributed by atoms with Crippen molar-refractivity contribution in [3.05, 3.63) is 41.7 Å². The highest BCUT2D eigenvalue weighted by atomic mass is 32.2. The van der Waals surface area contributed by atoms with E-state index in [0.29, 0.717) is 23.9 Å². The molecule has 1 N–H and O–H groups in total. The molecular formula is C22H28N4O5S2. The maximum atomic E-state index is 13.0. The molecule has 0 atom stereocenters. The first-order valence-electron chi connectivity index (χ1n) is 10.7. The third-order valence-corrected chi connectivity index (χ3v) is 7.68. The zero-order chi connectivity index (χ0) is 23.8. The lowest BCUT2D eigenvalue weighted by molar-refractivity contribution is -0.144. The van der Waals surface area contributed by atoms with Crippen molar-refractivity contribution in [2.24, 2.45) is 0 Å². The number of carbonyl (C=O) groups is 2. The molecule has 9 nitrogen and oxygen atoms in total. The smallest absolute Gasteiger partial charge is 0.316 e. The van der Waals surface area contributed by atoms with Crippen molar-refractivity contribution in [2.45, 2.75) is 49.6 Å². The van der Waals surface area contributed by atoms with Gasteiger partial charge in [0.25, 0.3) is 5.91 Å². The Kier molecular flexibility index (Phi) is 8.81. The molecule has 0 spiro atoms. The van der Waals surface area contributed by atoms with Crippen molar-refractivity contribution in [3.63, 3.8) is 0 Å². The van der Waals surface area contributed by atoms with E-state index in [2.05, 4.69) is 15.3 Å². The average molecular weight is 493 g/mol. The number of anilines is 1. The van der Waals surface area contributed by atoms with Crippen LogP contribution in [0.15, 0.2) is 40.4 Å².